The van der Waals surface area contributed by atoms with E-state index in [-0.39, 0.29) is 5.75 Å². The van der Waals surface area contributed by atoms with Crippen molar-refractivity contribution in [1.29, 1.82) is 0 Å². The fourth-order valence-electron chi connectivity index (χ4n) is 1.91. The lowest BCUT2D eigenvalue weighted by atomic mass is 10.1. The first kappa shape index (κ1) is 14.7. The zero-order valence-corrected chi connectivity index (χ0v) is 12.6. The zero-order valence-electron chi connectivity index (χ0n) is 11.8. The molecule has 0 bridgehead atoms. The maximum atomic E-state index is 11.7. The summed E-state index contributed by atoms with van der Waals surface area (Å²) in [4.78, 5) is 0.390. The molecule has 1 aromatic heterocycles. The van der Waals surface area contributed by atoms with Crippen LogP contribution < -0.4 is 0 Å². The van der Waals surface area contributed by atoms with Crippen LogP contribution in [-0.2, 0) is 29.2 Å². The summed E-state index contributed by atoms with van der Waals surface area (Å²) in [6.45, 7) is 4.49. The van der Waals surface area contributed by atoms with Gasteiger partial charge in [-0.3, -0.25) is 4.68 Å². The first-order valence-corrected chi connectivity index (χ1v) is 8.41. The van der Waals surface area contributed by atoms with E-state index in [1.165, 1.54) is 0 Å². The fourth-order valence-corrected chi connectivity index (χ4v) is 2.79. The molecular weight excluding hydrogens is 274 g/mol. The van der Waals surface area contributed by atoms with E-state index in [0.717, 1.165) is 30.6 Å². The largest absolute Gasteiger partial charge is 0.253 e. The molecule has 1 aromatic carbocycles. The number of hydrogen-bond acceptors (Lipinski definition) is 4. The molecule has 0 radical (unpaired) electrons. The third-order valence-corrected chi connectivity index (χ3v) is 4.99. The molecule has 108 valence electrons. The van der Waals surface area contributed by atoms with Gasteiger partial charge in [0.1, 0.15) is 0 Å². The van der Waals surface area contributed by atoms with Crippen molar-refractivity contribution >= 4 is 9.84 Å². The lowest BCUT2D eigenvalue weighted by Gasteiger charge is -2.03. The quantitative estimate of drug-likeness (QED) is 0.815. The van der Waals surface area contributed by atoms with Gasteiger partial charge in [0.15, 0.2) is 9.84 Å². The van der Waals surface area contributed by atoms with Crippen LogP contribution >= 0.6 is 0 Å². The predicted molar refractivity (Wildman–Crippen MR) is 77.3 cm³/mol. The number of benzene rings is 1. The van der Waals surface area contributed by atoms with Gasteiger partial charge in [-0.15, -0.1) is 5.10 Å². The maximum absolute atomic E-state index is 11.7. The fraction of sp³-hybridized carbons (Fsp3) is 0.429. The molecule has 0 aliphatic heterocycles. The second kappa shape index (κ2) is 6.17. The molecule has 0 aliphatic carbocycles. The summed E-state index contributed by atoms with van der Waals surface area (Å²) in [7, 11) is -3.11. The van der Waals surface area contributed by atoms with Crippen LogP contribution in [0.4, 0.5) is 0 Å². The number of nitrogens with zero attached hydrogens (tertiary/aromatic N) is 3. The molecule has 0 N–H and O–H groups in total. The molecule has 0 aliphatic rings. The Balaban J connectivity index is 2.00. The highest BCUT2D eigenvalue weighted by atomic mass is 32.2. The zero-order chi connectivity index (χ0) is 14.6. The van der Waals surface area contributed by atoms with Crippen molar-refractivity contribution in [3.05, 3.63) is 41.7 Å². The first-order chi connectivity index (χ1) is 9.55. The number of sulfone groups is 1. The highest BCUT2D eigenvalue weighted by Crippen LogP contribution is 2.13. The smallest absolute Gasteiger partial charge is 0.178 e. The molecule has 0 atom stereocenters. The van der Waals surface area contributed by atoms with Gasteiger partial charge < -0.3 is 0 Å². The Hall–Kier alpha value is -1.69. The molecule has 6 heteroatoms. The molecule has 0 saturated carbocycles. The Kier molecular flexibility index (Phi) is 4.54. The number of aryl methyl sites for hydroxylation is 3. The molecule has 5 nitrogen and oxygen atoms in total. The molecule has 0 unspecified atom stereocenters. The Morgan fingerprint density at radius 1 is 1.10 bits per heavy atom. The van der Waals surface area contributed by atoms with Crippen molar-refractivity contribution in [3.8, 4) is 0 Å². The number of aromatic nitrogens is 3. The average Bonchev–Trinajstić information content (AvgIpc) is 2.93. The van der Waals surface area contributed by atoms with Gasteiger partial charge in [0.25, 0.3) is 0 Å². The average molecular weight is 293 g/mol. The summed E-state index contributed by atoms with van der Waals surface area (Å²) in [5.74, 6) is 0.131. The van der Waals surface area contributed by atoms with Crippen LogP contribution in [0.25, 0.3) is 0 Å². The SMILES string of the molecule is CCn1cc(CCc2ccc(S(=O)(=O)CC)cc2)nn1. The molecular formula is C14H19N3O2S. The van der Waals surface area contributed by atoms with Crippen LogP contribution in [-0.4, -0.2) is 29.2 Å². The molecule has 20 heavy (non-hydrogen) atoms. The van der Waals surface area contributed by atoms with Crippen molar-refractivity contribution in [2.24, 2.45) is 0 Å². The van der Waals surface area contributed by atoms with E-state index in [2.05, 4.69) is 10.3 Å². The minimum atomic E-state index is -3.11. The van der Waals surface area contributed by atoms with Crippen molar-refractivity contribution in [2.45, 2.75) is 38.1 Å². The van der Waals surface area contributed by atoms with Gasteiger partial charge in [0.2, 0.25) is 0 Å². The Morgan fingerprint density at radius 2 is 1.80 bits per heavy atom. The van der Waals surface area contributed by atoms with Crippen molar-refractivity contribution in [1.82, 2.24) is 15.0 Å². The van der Waals surface area contributed by atoms with E-state index >= 15 is 0 Å². The second-order valence-electron chi connectivity index (χ2n) is 4.61. The van der Waals surface area contributed by atoms with Crippen LogP contribution in [0.15, 0.2) is 35.4 Å². The first-order valence-electron chi connectivity index (χ1n) is 6.76. The highest BCUT2D eigenvalue weighted by Gasteiger charge is 2.10. The molecule has 2 aromatic rings. The molecule has 0 fully saturated rings. The van der Waals surface area contributed by atoms with E-state index < -0.39 is 9.84 Å². The summed E-state index contributed by atoms with van der Waals surface area (Å²) < 4.78 is 25.2. The standard InChI is InChI=1S/C14H19N3O2S/c1-3-17-11-13(15-16-17)8-5-12-6-9-14(10-7-12)20(18,19)4-2/h6-7,9-11H,3-5,8H2,1-2H3. The van der Waals surface area contributed by atoms with E-state index in [9.17, 15) is 8.42 Å². The monoisotopic (exact) mass is 293 g/mol. The highest BCUT2D eigenvalue weighted by molar-refractivity contribution is 7.91. The summed E-state index contributed by atoms with van der Waals surface area (Å²) in [5.41, 5.74) is 2.06. The molecule has 2 rings (SSSR count). The van der Waals surface area contributed by atoms with E-state index in [1.54, 1.807) is 23.7 Å². The third kappa shape index (κ3) is 3.45. The van der Waals surface area contributed by atoms with Crippen molar-refractivity contribution in [3.63, 3.8) is 0 Å². The predicted octanol–water partition coefficient (Wildman–Crippen LogP) is 1.88. The summed E-state index contributed by atoms with van der Waals surface area (Å²) in [5, 5.41) is 8.08. The second-order valence-corrected chi connectivity index (χ2v) is 6.89. The minimum Gasteiger partial charge on any atom is -0.253 e. The number of rotatable bonds is 6. The van der Waals surface area contributed by atoms with Gasteiger partial charge >= 0.3 is 0 Å². The van der Waals surface area contributed by atoms with Gasteiger partial charge in [-0.05, 0) is 37.5 Å². The lowest BCUT2D eigenvalue weighted by molar-refractivity contribution is 0.597. The van der Waals surface area contributed by atoms with Gasteiger partial charge in [0, 0.05) is 12.7 Å². The maximum Gasteiger partial charge on any atom is 0.178 e. The van der Waals surface area contributed by atoms with Crippen LogP contribution in [0.5, 0.6) is 0 Å². The molecule has 0 saturated heterocycles. The van der Waals surface area contributed by atoms with Crippen LogP contribution in [0.2, 0.25) is 0 Å². The van der Waals surface area contributed by atoms with Crippen LogP contribution in [0.3, 0.4) is 0 Å². The summed E-state index contributed by atoms with van der Waals surface area (Å²) in [6.07, 6.45) is 3.57. The summed E-state index contributed by atoms with van der Waals surface area (Å²) in [6, 6.07) is 7.09. The van der Waals surface area contributed by atoms with E-state index in [1.807, 2.05) is 25.3 Å². The van der Waals surface area contributed by atoms with Gasteiger partial charge in [0.05, 0.1) is 16.3 Å². The van der Waals surface area contributed by atoms with Crippen molar-refractivity contribution in [2.75, 3.05) is 5.75 Å². The van der Waals surface area contributed by atoms with E-state index in [0.29, 0.717) is 4.90 Å². The van der Waals surface area contributed by atoms with Crippen LogP contribution in [0.1, 0.15) is 25.1 Å². The van der Waals surface area contributed by atoms with Gasteiger partial charge in [-0.25, -0.2) is 8.42 Å². The molecule has 1 heterocycles. The van der Waals surface area contributed by atoms with Crippen molar-refractivity contribution < 1.29 is 8.42 Å². The summed E-state index contributed by atoms with van der Waals surface area (Å²) >= 11 is 0. The lowest BCUT2D eigenvalue weighted by Crippen LogP contribution is -2.03. The molecule has 0 amide bonds. The van der Waals surface area contributed by atoms with Gasteiger partial charge in [-0.2, -0.15) is 0 Å². The van der Waals surface area contributed by atoms with Crippen LogP contribution in [0, 0.1) is 0 Å². The van der Waals surface area contributed by atoms with E-state index in [4.69, 9.17) is 0 Å². The molecule has 0 spiro atoms. The van der Waals surface area contributed by atoms with Gasteiger partial charge in [-0.1, -0.05) is 24.3 Å². The Labute approximate surface area is 119 Å². The Bertz CT molecular complexity index is 660. The Morgan fingerprint density at radius 3 is 2.35 bits per heavy atom. The minimum absolute atomic E-state index is 0.131. The number of hydrogen-bond donors (Lipinski definition) is 0. The topological polar surface area (TPSA) is 64.8 Å². The normalized spacial score (nSPS) is 11.7. The third-order valence-electron chi connectivity index (χ3n) is 3.24.